The average molecular weight is 411 g/mol. The summed E-state index contributed by atoms with van der Waals surface area (Å²) in [6.07, 6.45) is 6.36. The Morgan fingerprint density at radius 2 is 2.07 bits per heavy atom. The molecule has 29 heavy (non-hydrogen) atoms. The van der Waals surface area contributed by atoms with E-state index >= 15 is 0 Å². The molecule has 0 aliphatic heterocycles. The topological polar surface area (TPSA) is 105 Å². The SMILES string of the molecule is O=C(N[C@@H](c1cccs1)c1cc([N+](=O)[O-])c2cccnc2c1O)C1CCCCC1. The van der Waals surface area contributed by atoms with Crippen molar-refractivity contribution in [3.05, 3.63) is 62.5 Å². The van der Waals surface area contributed by atoms with E-state index in [1.165, 1.54) is 23.6 Å². The van der Waals surface area contributed by atoms with E-state index in [1.54, 1.807) is 12.1 Å². The summed E-state index contributed by atoms with van der Waals surface area (Å²) < 4.78 is 0. The summed E-state index contributed by atoms with van der Waals surface area (Å²) in [6, 6.07) is 7.54. The summed E-state index contributed by atoms with van der Waals surface area (Å²) >= 11 is 1.43. The van der Waals surface area contributed by atoms with Gasteiger partial charge in [0.05, 0.1) is 16.4 Å². The van der Waals surface area contributed by atoms with E-state index in [0.717, 1.165) is 37.0 Å². The van der Waals surface area contributed by atoms with Crippen LogP contribution in [0.1, 0.15) is 48.6 Å². The molecule has 0 radical (unpaired) electrons. The van der Waals surface area contributed by atoms with Crippen LogP contribution in [-0.4, -0.2) is 20.9 Å². The first-order valence-corrected chi connectivity index (χ1v) is 10.5. The molecule has 1 amide bonds. The third kappa shape index (κ3) is 3.80. The van der Waals surface area contributed by atoms with Crippen molar-refractivity contribution >= 4 is 33.8 Å². The summed E-state index contributed by atoms with van der Waals surface area (Å²) in [5.41, 5.74) is 0.300. The predicted molar refractivity (Wildman–Crippen MR) is 111 cm³/mol. The van der Waals surface area contributed by atoms with Gasteiger partial charge in [-0.05, 0) is 36.4 Å². The van der Waals surface area contributed by atoms with Gasteiger partial charge in [-0.15, -0.1) is 11.3 Å². The number of rotatable bonds is 5. The zero-order valence-electron chi connectivity index (χ0n) is 15.7. The van der Waals surface area contributed by atoms with E-state index in [4.69, 9.17) is 0 Å². The maximum Gasteiger partial charge on any atom is 0.279 e. The van der Waals surface area contributed by atoms with Gasteiger partial charge in [0.2, 0.25) is 5.91 Å². The number of nitrogens with zero attached hydrogens (tertiary/aromatic N) is 2. The highest BCUT2D eigenvalue weighted by molar-refractivity contribution is 7.10. The maximum absolute atomic E-state index is 12.9. The number of carbonyl (C=O) groups excluding carboxylic acids is 1. The van der Waals surface area contributed by atoms with Crippen LogP contribution >= 0.6 is 11.3 Å². The van der Waals surface area contributed by atoms with Gasteiger partial charge in [0, 0.05) is 28.6 Å². The molecule has 4 rings (SSSR count). The van der Waals surface area contributed by atoms with Crippen molar-refractivity contribution in [3.63, 3.8) is 0 Å². The molecular weight excluding hydrogens is 390 g/mol. The number of phenols is 1. The Hall–Kier alpha value is -3.00. The standard InChI is InChI=1S/C21H21N3O4S/c25-20-15(12-16(24(27)28)14-8-4-10-22-19(14)20)18(17-9-5-11-29-17)23-21(26)13-6-2-1-3-7-13/h4-5,8-13,18,25H,1-3,6-7H2,(H,23,26)/t18-/m1/s1. The number of non-ortho nitro benzene ring substituents is 1. The number of carbonyl (C=O) groups is 1. The zero-order chi connectivity index (χ0) is 20.4. The van der Waals surface area contributed by atoms with Crippen LogP contribution in [0.5, 0.6) is 5.75 Å². The molecule has 1 aromatic carbocycles. The monoisotopic (exact) mass is 411 g/mol. The molecule has 1 atom stereocenters. The number of amides is 1. The van der Waals surface area contributed by atoms with Crippen molar-refractivity contribution < 1.29 is 14.8 Å². The smallest absolute Gasteiger partial charge is 0.279 e. The Kier molecular flexibility index (Phi) is 5.44. The van der Waals surface area contributed by atoms with Gasteiger partial charge in [-0.1, -0.05) is 25.3 Å². The Labute approximate surface area is 171 Å². The van der Waals surface area contributed by atoms with E-state index < -0.39 is 11.0 Å². The molecule has 7 nitrogen and oxygen atoms in total. The van der Waals surface area contributed by atoms with E-state index in [1.807, 2.05) is 17.5 Å². The molecule has 0 spiro atoms. The van der Waals surface area contributed by atoms with Crippen LogP contribution in [0.4, 0.5) is 5.69 Å². The first kappa shape index (κ1) is 19.3. The second-order valence-corrected chi connectivity index (χ2v) is 8.26. The average Bonchev–Trinajstić information content (AvgIpc) is 3.28. The number of thiophene rings is 1. The number of hydrogen-bond donors (Lipinski definition) is 2. The Bertz CT molecular complexity index is 1050. The molecule has 3 aromatic rings. The Morgan fingerprint density at radius 3 is 2.76 bits per heavy atom. The van der Waals surface area contributed by atoms with Gasteiger partial charge in [0.1, 0.15) is 11.3 Å². The molecular formula is C21H21N3O4S. The van der Waals surface area contributed by atoms with Gasteiger partial charge in [-0.2, -0.15) is 0 Å². The van der Waals surface area contributed by atoms with Crippen LogP contribution in [0, 0.1) is 16.0 Å². The number of pyridine rings is 1. The summed E-state index contributed by atoms with van der Waals surface area (Å²) in [5.74, 6) is -0.290. The molecule has 1 fully saturated rings. The fraction of sp³-hybridized carbons (Fsp3) is 0.333. The van der Waals surface area contributed by atoms with Gasteiger partial charge in [0.15, 0.2) is 0 Å². The van der Waals surface area contributed by atoms with Gasteiger partial charge < -0.3 is 10.4 Å². The van der Waals surface area contributed by atoms with Crippen LogP contribution in [0.2, 0.25) is 0 Å². The second kappa shape index (κ2) is 8.16. The summed E-state index contributed by atoms with van der Waals surface area (Å²) in [4.78, 5) is 29.1. The summed E-state index contributed by atoms with van der Waals surface area (Å²) in [6.45, 7) is 0. The highest BCUT2D eigenvalue weighted by atomic mass is 32.1. The Morgan fingerprint density at radius 1 is 1.28 bits per heavy atom. The third-order valence-electron chi connectivity index (χ3n) is 5.47. The third-order valence-corrected chi connectivity index (χ3v) is 6.41. The number of aromatic hydroxyl groups is 1. The van der Waals surface area contributed by atoms with Crippen molar-refractivity contribution in [2.75, 3.05) is 0 Å². The van der Waals surface area contributed by atoms with Crippen LogP contribution in [0.3, 0.4) is 0 Å². The first-order valence-electron chi connectivity index (χ1n) is 9.65. The van der Waals surface area contributed by atoms with Crippen molar-refractivity contribution in [3.8, 4) is 5.75 Å². The minimum Gasteiger partial charge on any atom is -0.505 e. The predicted octanol–water partition coefficient (Wildman–Crippen LogP) is 4.70. The van der Waals surface area contributed by atoms with Crippen LogP contribution < -0.4 is 5.32 Å². The molecule has 0 unspecified atom stereocenters. The largest absolute Gasteiger partial charge is 0.505 e. The van der Waals surface area contributed by atoms with Crippen molar-refractivity contribution in [1.82, 2.24) is 10.3 Å². The second-order valence-electron chi connectivity index (χ2n) is 7.28. The highest BCUT2D eigenvalue weighted by Crippen LogP contribution is 2.40. The summed E-state index contributed by atoms with van der Waals surface area (Å²) in [7, 11) is 0. The lowest BCUT2D eigenvalue weighted by Gasteiger charge is -2.25. The van der Waals surface area contributed by atoms with E-state index in [9.17, 15) is 20.0 Å². The number of nitro benzene ring substituents is 1. The lowest BCUT2D eigenvalue weighted by atomic mass is 9.88. The van der Waals surface area contributed by atoms with Gasteiger partial charge in [-0.3, -0.25) is 19.9 Å². The molecule has 1 aliphatic rings. The zero-order valence-corrected chi connectivity index (χ0v) is 16.5. The number of nitrogens with one attached hydrogen (secondary N) is 1. The number of nitro groups is 1. The minimum atomic E-state index is -0.672. The first-order chi connectivity index (χ1) is 14.1. The minimum absolute atomic E-state index is 0.0677. The van der Waals surface area contributed by atoms with E-state index in [2.05, 4.69) is 10.3 Å². The van der Waals surface area contributed by atoms with Crippen molar-refractivity contribution in [1.29, 1.82) is 0 Å². The van der Waals surface area contributed by atoms with Gasteiger partial charge >= 0.3 is 0 Å². The number of aromatic nitrogens is 1. The number of phenolic OH excluding ortho intramolecular Hbond substituents is 1. The number of hydrogen-bond acceptors (Lipinski definition) is 6. The fourth-order valence-corrected chi connectivity index (χ4v) is 4.78. The number of fused-ring (bicyclic) bond motifs is 1. The van der Waals surface area contributed by atoms with Crippen molar-refractivity contribution in [2.24, 2.45) is 5.92 Å². The molecule has 1 saturated carbocycles. The fourth-order valence-electron chi connectivity index (χ4n) is 3.98. The molecule has 2 heterocycles. The molecule has 1 aliphatic carbocycles. The van der Waals surface area contributed by atoms with Crippen LogP contribution in [-0.2, 0) is 4.79 Å². The van der Waals surface area contributed by atoms with E-state index in [0.29, 0.717) is 0 Å². The number of benzene rings is 1. The van der Waals surface area contributed by atoms with Gasteiger partial charge in [0.25, 0.3) is 5.69 Å². The quantitative estimate of drug-likeness (QED) is 0.468. The lowest BCUT2D eigenvalue weighted by Crippen LogP contribution is -2.35. The molecule has 0 saturated heterocycles. The van der Waals surface area contributed by atoms with E-state index in [-0.39, 0.29) is 39.7 Å². The lowest BCUT2D eigenvalue weighted by molar-refractivity contribution is -0.383. The normalized spacial score (nSPS) is 15.9. The molecule has 150 valence electrons. The van der Waals surface area contributed by atoms with Crippen LogP contribution in [0.15, 0.2) is 41.9 Å². The maximum atomic E-state index is 12.9. The Balaban J connectivity index is 1.80. The molecule has 0 bridgehead atoms. The van der Waals surface area contributed by atoms with Crippen LogP contribution in [0.25, 0.3) is 10.9 Å². The molecule has 2 N–H and O–H groups in total. The highest BCUT2D eigenvalue weighted by Gasteiger charge is 2.30. The van der Waals surface area contributed by atoms with Gasteiger partial charge in [-0.25, -0.2) is 0 Å². The summed E-state index contributed by atoms with van der Waals surface area (Å²) in [5, 5.41) is 27.8. The molecule has 2 aromatic heterocycles. The van der Waals surface area contributed by atoms with Crippen molar-refractivity contribution in [2.45, 2.75) is 38.1 Å². The molecule has 8 heteroatoms.